The van der Waals surface area contributed by atoms with Gasteiger partial charge in [0.2, 0.25) is 0 Å². The first-order valence-electron chi connectivity index (χ1n) is 4.35. The second-order valence-electron chi connectivity index (χ2n) is 3.06. The highest BCUT2D eigenvalue weighted by molar-refractivity contribution is 5.76. The third-order valence-electron chi connectivity index (χ3n) is 2.06. The van der Waals surface area contributed by atoms with Crippen molar-refractivity contribution in [1.82, 2.24) is 0 Å². The number of hydrogen-bond acceptors (Lipinski definition) is 1. The van der Waals surface area contributed by atoms with Gasteiger partial charge in [-0.25, -0.2) is 8.78 Å². The summed E-state index contributed by atoms with van der Waals surface area (Å²) in [4.78, 5) is 10.8. The van der Waals surface area contributed by atoms with E-state index in [1.165, 1.54) is 18.2 Å². The van der Waals surface area contributed by atoms with Crippen molar-refractivity contribution in [3.63, 3.8) is 0 Å². The summed E-state index contributed by atoms with van der Waals surface area (Å²) in [7, 11) is 0. The lowest BCUT2D eigenvalue weighted by Crippen LogP contribution is -2.13. The maximum atomic E-state index is 13.3. The van der Waals surface area contributed by atoms with Crippen LogP contribution in [0.2, 0.25) is 0 Å². The zero-order chi connectivity index (χ0) is 11.4. The van der Waals surface area contributed by atoms with Gasteiger partial charge in [-0.2, -0.15) is 0 Å². The van der Waals surface area contributed by atoms with Gasteiger partial charge in [0.05, 0.1) is 5.92 Å². The molecule has 0 radical (unpaired) electrons. The van der Waals surface area contributed by atoms with E-state index in [2.05, 4.69) is 6.58 Å². The van der Waals surface area contributed by atoms with Gasteiger partial charge in [0.25, 0.3) is 0 Å². The molecular formula is C11H12F2O3. The van der Waals surface area contributed by atoms with Gasteiger partial charge in [0, 0.05) is 5.56 Å². The van der Waals surface area contributed by atoms with E-state index in [9.17, 15) is 13.6 Å². The Kier molecular flexibility index (Phi) is 5.32. The minimum atomic E-state index is -1.20. The second kappa shape index (κ2) is 5.97. The van der Waals surface area contributed by atoms with E-state index < -0.39 is 23.5 Å². The van der Waals surface area contributed by atoms with Crippen LogP contribution in [0, 0.1) is 11.6 Å². The smallest absolute Gasteiger partial charge is 0.311 e. The van der Waals surface area contributed by atoms with E-state index in [0.717, 1.165) is 6.07 Å². The van der Waals surface area contributed by atoms with Gasteiger partial charge in [0.15, 0.2) is 11.6 Å². The summed E-state index contributed by atoms with van der Waals surface area (Å²) >= 11 is 0. The number of carboxylic acids is 1. The van der Waals surface area contributed by atoms with Crippen LogP contribution < -0.4 is 0 Å². The monoisotopic (exact) mass is 230 g/mol. The van der Waals surface area contributed by atoms with Crippen molar-refractivity contribution in [2.24, 2.45) is 0 Å². The summed E-state index contributed by atoms with van der Waals surface area (Å²) in [5.41, 5.74) is -0.151. The summed E-state index contributed by atoms with van der Waals surface area (Å²) in [6.45, 7) is 3.38. The molecule has 0 aliphatic rings. The van der Waals surface area contributed by atoms with Crippen molar-refractivity contribution < 1.29 is 24.2 Å². The van der Waals surface area contributed by atoms with Gasteiger partial charge in [-0.1, -0.05) is 18.2 Å². The van der Waals surface area contributed by atoms with Crippen LogP contribution >= 0.6 is 0 Å². The lowest BCUT2D eigenvalue weighted by atomic mass is 9.95. The number of aliphatic carboxylic acids is 1. The SMILES string of the molecule is C=CCC(C(=O)O)c1cccc(F)c1F.O. The van der Waals surface area contributed by atoms with Crippen molar-refractivity contribution in [2.45, 2.75) is 12.3 Å². The molecule has 3 nitrogen and oxygen atoms in total. The number of hydrogen-bond donors (Lipinski definition) is 1. The van der Waals surface area contributed by atoms with Crippen molar-refractivity contribution >= 4 is 5.97 Å². The minimum Gasteiger partial charge on any atom is -0.481 e. The molecule has 1 aromatic carbocycles. The number of carbonyl (C=O) groups is 1. The van der Waals surface area contributed by atoms with Gasteiger partial charge >= 0.3 is 5.97 Å². The Morgan fingerprint density at radius 2 is 2.12 bits per heavy atom. The third kappa shape index (κ3) is 2.87. The highest BCUT2D eigenvalue weighted by Crippen LogP contribution is 2.24. The van der Waals surface area contributed by atoms with Gasteiger partial charge < -0.3 is 10.6 Å². The zero-order valence-corrected chi connectivity index (χ0v) is 8.41. The fourth-order valence-electron chi connectivity index (χ4n) is 1.32. The molecule has 1 rings (SSSR count). The first-order chi connectivity index (χ1) is 7.07. The molecule has 1 aromatic rings. The lowest BCUT2D eigenvalue weighted by molar-refractivity contribution is -0.138. The molecule has 16 heavy (non-hydrogen) atoms. The summed E-state index contributed by atoms with van der Waals surface area (Å²) in [6, 6.07) is 3.50. The van der Waals surface area contributed by atoms with Gasteiger partial charge in [-0.05, 0) is 12.5 Å². The Morgan fingerprint density at radius 1 is 1.50 bits per heavy atom. The summed E-state index contributed by atoms with van der Waals surface area (Å²) in [5, 5.41) is 8.84. The van der Waals surface area contributed by atoms with Crippen molar-refractivity contribution in [3.8, 4) is 0 Å². The first kappa shape index (κ1) is 14.2. The second-order valence-corrected chi connectivity index (χ2v) is 3.06. The predicted octanol–water partition coefficient (Wildman–Crippen LogP) is 1.88. The number of rotatable bonds is 4. The standard InChI is InChI=1S/C11H10F2O2.H2O/c1-2-4-8(11(14)15)7-5-3-6-9(12)10(7)13;/h2-3,5-6,8H,1,4H2,(H,14,15);1H2. The Morgan fingerprint density at radius 3 is 2.62 bits per heavy atom. The Balaban J connectivity index is 0.00000225. The molecule has 0 saturated heterocycles. The molecule has 0 aromatic heterocycles. The molecule has 3 N–H and O–H groups in total. The zero-order valence-electron chi connectivity index (χ0n) is 8.41. The highest BCUT2D eigenvalue weighted by atomic mass is 19.2. The van der Waals surface area contributed by atoms with Crippen LogP contribution in [0.3, 0.4) is 0 Å². The predicted molar refractivity (Wildman–Crippen MR) is 55.2 cm³/mol. The Bertz CT molecular complexity index is 391. The average Bonchev–Trinajstić information content (AvgIpc) is 2.19. The maximum absolute atomic E-state index is 13.3. The maximum Gasteiger partial charge on any atom is 0.311 e. The van der Waals surface area contributed by atoms with Crippen molar-refractivity contribution in [1.29, 1.82) is 0 Å². The number of halogens is 2. The van der Waals surface area contributed by atoms with E-state index >= 15 is 0 Å². The molecule has 0 spiro atoms. The molecule has 1 unspecified atom stereocenters. The highest BCUT2D eigenvalue weighted by Gasteiger charge is 2.23. The fourth-order valence-corrected chi connectivity index (χ4v) is 1.32. The molecule has 0 aliphatic heterocycles. The summed E-state index contributed by atoms with van der Waals surface area (Å²) < 4.78 is 26.1. The first-order valence-corrected chi connectivity index (χ1v) is 4.35. The molecule has 0 bridgehead atoms. The van der Waals surface area contributed by atoms with Crippen LogP contribution in [0.25, 0.3) is 0 Å². The summed E-state index contributed by atoms with van der Waals surface area (Å²) in [6.07, 6.45) is 1.43. The lowest BCUT2D eigenvalue weighted by Gasteiger charge is -2.11. The quantitative estimate of drug-likeness (QED) is 0.802. The van der Waals surface area contributed by atoms with Crippen LogP contribution in [0.1, 0.15) is 17.9 Å². The molecule has 0 fully saturated rings. The van der Waals surface area contributed by atoms with Crippen LogP contribution in [-0.4, -0.2) is 16.6 Å². The van der Waals surface area contributed by atoms with E-state index in [1.807, 2.05) is 0 Å². The minimum absolute atomic E-state index is 0. The Hall–Kier alpha value is -1.75. The molecule has 1 atom stereocenters. The largest absolute Gasteiger partial charge is 0.481 e. The Labute approximate surface area is 91.3 Å². The van der Waals surface area contributed by atoms with E-state index in [-0.39, 0.29) is 17.5 Å². The third-order valence-corrected chi connectivity index (χ3v) is 2.06. The van der Waals surface area contributed by atoms with Crippen molar-refractivity contribution in [2.75, 3.05) is 0 Å². The molecule has 5 heteroatoms. The molecule has 0 heterocycles. The van der Waals surface area contributed by atoms with E-state index in [1.54, 1.807) is 0 Å². The average molecular weight is 230 g/mol. The van der Waals surface area contributed by atoms with Crippen LogP contribution in [0.5, 0.6) is 0 Å². The van der Waals surface area contributed by atoms with E-state index in [4.69, 9.17) is 5.11 Å². The van der Waals surface area contributed by atoms with E-state index in [0.29, 0.717) is 0 Å². The molecule has 0 saturated carbocycles. The number of carboxylic acid groups (broad SMARTS) is 1. The molecule has 0 aliphatic carbocycles. The number of benzene rings is 1. The molecule has 0 amide bonds. The van der Waals surface area contributed by atoms with Gasteiger partial charge in [-0.3, -0.25) is 4.79 Å². The fraction of sp³-hybridized carbons (Fsp3) is 0.182. The van der Waals surface area contributed by atoms with Gasteiger partial charge in [-0.15, -0.1) is 6.58 Å². The van der Waals surface area contributed by atoms with Crippen LogP contribution in [0.15, 0.2) is 30.9 Å². The van der Waals surface area contributed by atoms with Gasteiger partial charge in [0.1, 0.15) is 0 Å². The topological polar surface area (TPSA) is 68.8 Å². The molecular weight excluding hydrogens is 218 g/mol. The van der Waals surface area contributed by atoms with Crippen LogP contribution in [0.4, 0.5) is 8.78 Å². The molecule has 88 valence electrons. The number of allylic oxidation sites excluding steroid dienone is 1. The van der Waals surface area contributed by atoms with Crippen molar-refractivity contribution in [3.05, 3.63) is 48.1 Å². The summed E-state index contributed by atoms with van der Waals surface area (Å²) in [5.74, 6) is -4.42. The van der Waals surface area contributed by atoms with Crippen LogP contribution in [-0.2, 0) is 4.79 Å². The normalized spacial score (nSPS) is 11.4.